The highest BCUT2D eigenvalue weighted by molar-refractivity contribution is 7.15. The minimum Gasteiger partial charge on any atom is -0.391 e. The lowest BCUT2D eigenvalue weighted by Gasteiger charge is -1.96. The van der Waals surface area contributed by atoms with E-state index in [2.05, 4.69) is 6.07 Å². The molecule has 2 nitrogen and oxygen atoms in total. The van der Waals surface area contributed by atoms with Crippen molar-refractivity contribution in [3.63, 3.8) is 0 Å². The lowest BCUT2D eigenvalue weighted by molar-refractivity contribution is 0.285. The first-order valence-corrected chi connectivity index (χ1v) is 5.35. The molecule has 0 fully saturated rings. The second kappa shape index (κ2) is 4.26. The van der Waals surface area contributed by atoms with Crippen molar-refractivity contribution in [3.05, 3.63) is 46.8 Å². The highest BCUT2D eigenvalue weighted by Crippen LogP contribution is 2.28. The van der Waals surface area contributed by atoms with Crippen LogP contribution in [0.5, 0.6) is 0 Å². The molecule has 0 atom stereocenters. The summed E-state index contributed by atoms with van der Waals surface area (Å²) in [5, 5.41) is 17.6. The molecular weight excluding hydrogens is 206 g/mol. The molecule has 0 saturated carbocycles. The Labute approximate surface area is 92.0 Å². The third-order valence-electron chi connectivity index (χ3n) is 2.12. The molecule has 0 spiro atoms. The monoisotopic (exact) mass is 215 g/mol. The predicted octanol–water partition coefficient (Wildman–Crippen LogP) is 2.78. The smallest absolute Gasteiger partial charge is 0.0991 e. The van der Waals surface area contributed by atoms with Gasteiger partial charge in [0.15, 0.2) is 0 Å². The van der Waals surface area contributed by atoms with Gasteiger partial charge in [0.2, 0.25) is 0 Å². The molecule has 74 valence electrons. The van der Waals surface area contributed by atoms with Crippen LogP contribution in [0.4, 0.5) is 0 Å². The Balaban J connectivity index is 2.33. The molecule has 0 aliphatic carbocycles. The summed E-state index contributed by atoms with van der Waals surface area (Å²) < 4.78 is 0. The first kappa shape index (κ1) is 9.91. The topological polar surface area (TPSA) is 44.0 Å². The lowest BCUT2D eigenvalue weighted by atomic mass is 10.1. The summed E-state index contributed by atoms with van der Waals surface area (Å²) in [6, 6.07) is 13.4. The SMILES string of the molecule is N#Cc1ccc(-c2ccc(CO)s2)cc1. The fourth-order valence-electron chi connectivity index (χ4n) is 1.33. The second-order valence-electron chi connectivity index (χ2n) is 3.11. The Morgan fingerprint density at radius 3 is 2.40 bits per heavy atom. The molecule has 15 heavy (non-hydrogen) atoms. The van der Waals surface area contributed by atoms with Crippen LogP contribution >= 0.6 is 11.3 Å². The van der Waals surface area contributed by atoms with Gasteiger partial charge in [-0.3, -0.25) is 0 Å². The van der Waals surface area contributed by atoms with Gasteiger partial charge in [0, 0.05) is 9.75 Å². The van der Waals surface area contributed by atoms with E-state index in [1.54, 1.807) is 23.5 Å². The summed E-state index contributed by atoms with van der Waals surface area (Å²) in [4.78, 5) is 2.07. The van der Waals surface area contributed by atoms with Crippen LogP contribution in [0, 0.1) is 11.3 Å². The van der Waals surface area contributed by atoms with Gasteiger partial charge in [-0.25, -0.2) is 0 Å². The van der Waals surface area contributed by atoms with Crippen molar-refractivity contribution in [1.82, 2.24) is 0 Å². The molecule has 0 saturated heterocycles. The van der Waals surface area contributed by atoms with E-state index in [1.807, 2.05) is 24.3 Å². The van der Waals surface area contributed by atoms with E-state index in [1.165, 1.54) is 0 Å². The van der Waals surface area contributed by atoms with Gasteiger partial charge >= 0.3 is 0 Å². The minimum atomic E-state index is 0.0843. The highest BCUT2D eigenvalue weighted by Gasteiger charge is 2.01. The molecule has 1 aromatic carbocycles. The molecule has 2 rings (SSSR count). The van der Waals surface area contributed by atoms with E-state index in [0.717, 1.165) is 15.3 Å². The number of aliphatic hydroxyl groups excluding tert-OH is 1. The molecule has 1 aromatic heterocycles. The second-order valence-corrected chi connectivity index (χ2v) is 4.28. The highest BCUT2D eigenvalue weighted by atomic mass is 32.1. The summed E-state index contributed by atoms with van der Waals surface area (Å²) in [6.45, 7) is 0.0843. The van der Waals surface area contributed by atoms with Gasteiger partial charge in [-0.15, -0.1) is 11.3 Å². The van der Waals surface area contributed by atoms with Gasteiger partial charge in [0.05, 0.1) is 18.2 Å². The van der Waals surface area contributed by atoms with Crippen molar-refractivity contribution >= 4 is 11.3 Å². The van der Waals surface area contributed by atoms with Crippen LogP contribution < -0.4 is 0 Å². The molecule has 0 amide bonds. The Morgan fingerprint density at radius 1 is 1.13 bits per heavy atom. The van der Waals surface area contributed by atoms with Gasteiger partial charge in [-0.1, -0.05) is 12.1 Å². The molecule has 3 heteroatoms. The third-order valence-corrected chi connectivity index (χ3v) is 3.24. The number of nitrogens with zero attached hydrogens (tertiary/aromatic N) is 1. The zero-order valence-corrected chi connectivity index (χ0v) is 8.79. The van der Waals surface area contributed by atoms with Gasteiger partial charge in [-0.2, -0.15) is 5.26 Å². The van der Waals surface area contributed by atoms with E-state index >= 15 is 0 Å². The Bertz CT molecular complexity index is 493. The van der Waals surface area contributed by atoms with E-state index in [-0.39, 0.29) is 6.61 Å². The Morgan fingerprint density at radius 2 is 1.87 bits per heavy atom. The quantitative estimate of drug-likeness (QED) is 0.837. The molecule has 0 aliphatic heterocycles. The number of aliphatic hydroxyl groups is 1. The average molecular weight is 215 g/mol. The number of rotatable bonds is 2. The summed E-state index contributed by atoms with van der Waals surface area (Å²) in [5.41, 5.74) is 1.75. The van der Waals surface area contributed by atoms with Gasteiger partial charge < -0.3 is 5.11 Å². The number of thiophene rings is 1. The molecule has 1 heterocycles. The summed E-state index contributed by atoms with van der Waals surface area (Å²) in [6.07, 6.45) is 0. The van der Waals surface area contributed by atoms with E-state index in [0.29, 0.717) is 5.56 Å². The van der Waals surface area contributed by atoms with Crippen LogP contribution in [-0.4, -0.2) is 5.11 Å². The number of benzene rings is 1. The van der Waals surface area contributed by atoms with Crippen LogP contribution in [0.25, 0.3) is 10.4 Å². The molecule has 0 bridgehead atoms. The maximum absolute atomic E-state index is 8.95. The molecule has 1 N–H and O–H groups in total. The van der Waals surface area contributed by atoms with E-state index in [4.69, 9.17) is 10.4 Å². The zero-order valence-electron chi connectivity index (χ0n) is 7.97. The van der Waals surface area contributed by atoms with Crippen molar-refractivity contribution < 1.29 is 5.11 Å². The molecule has 0 unspecified atom stereocenters. The predicted molar refractivity (Wildman–Crippen MR) is 60.4 cm³/mol. The maximum atomic E-state index is 8.95. The molecule has 0 radical (unpaired) electrons. The maximum Gasteiger partial charge on any atom is 0.0991 e. The molecule has 2 aromatic rings. The molecular formula is C12H9NOS. The van der Waals surface area contributed by atoms with Crippen LogP contribution in [-0.2, 0) is 6.61 Å². The number of hydrogen-bond acceptors (Lipinski definition) is 3. The Kier molecular flexibility index (Phi) is 2.82. The van der Waals surface area contributed by atoms with Gasteiger partial charge in [-0.05, 0) is 29.8 Å². The van der Waals surface area contributed by atoms with Crippen molar-refractivity contribution in [2.45, 2.75) is 6.61 Å². The van der Waals surface area contributed by atoms with E-state index in [9.17, 15) is 0 Å². The van der Waals surface area contributed by atoms with E-state index < -0.39 is 0 Å². The average Bonchev–Trinajstić information content (AvgIpc) is 2.78. The standard InChI is InChI=1S/C12H9NOS/c13-7-9-1-3-10(4-2-9)12-6-5-11(8-14)15-12/h1-6,14H,8H2. The van der Waals surface area contributed by atoms with Crippen molar-refractivity contribution in [2.75, 3.05) is 0 Å². The van der Waals surface area contributed by atoms with Crippen LogP contribution in [0.2, 0.25) is 0 Å². The fourth-order valence-corrected chi connectivity index (χ4v) is 2.20. The normalized spacial score (nSPS) is 9.87. The lowest BCUT2D eigenvalue weighted by Crippen LogP contribution is -1.74. The van der Waals surface area contributed by atoms with Gasteiger partial charge in [0.25, 0.3) is 0 Å². The first-order chi connectivity index (χ1) is 7.33. The first-order valence-electron chi connectivity index (χ1n) is 4.53. The van der Waals surface area contributed by atoms with Crippen molar-refractivity contribution in [1.29, 1.82) is 5.26 Å². The molecule has 0 aliphatic rings. The summed E-state index contributed by atoms with van der Waals surface area (Å²) in [5.74, 6) is 0. The zero-order chi connectivity index (χ0) is 10.7. The Hall–Kier alpha value is -1.63. The largest absolute Gasteiger partial charge is 0.391 e. The summed E-state index contributed by atoms with van der Waals surface area (Å²) >= 11 is 1.57. The van der Waals surface area contributed by atoms with Crippen molar-refractivity contribution in [3.8, 4) is 16.5 Å². The number of hydrogen-bond donors (Lipinski definition) is 1. The van der Waals surface area contributed by atoms with Crippen LogP contribution in [0.3, 0.4) is 0 Å². The fraction of sp³-hybridized carbons (Fsp3) is 0.0833. The number of nitriles is 1. The van der Waals surface area contributed by atoms with Gasteiger partial charge in [0.1, 0.15) is 0 Å². The third kappa shape index (κ3) is 2.07. The van der Waals surface area contributed by atoms with Crippen molar-refractivity contribution in [2.24, 2.45) is 0 Å². The van der Waals surface area contributed by atoms with Crippen LogP contribution in [0.15, 0.2) is 36.4 Å². The minimum absolute atomic E-state index is 0.0843. The summed E-state index contributed by atoms with van der Waals surface area (Å²) in [7, 11) is 0. The van der Waals surface area contributed by atoms with Crippen LogP contribution in [0.1, 0.15) is 10.4 Å².